The standard InChI is InChI=1S/C13H9ClN2O/c14-7-13(17)10(8-15)12-6-5-9-3-1-2-4-11(9)16-12/h1-6,9H,7H2/b12-10-. The van der Waals surface area contributed by atoms with E-state index in [0.29, 0.717) is 5.70 Å². The topological polar surface area (TPSA) is 53.2 Å². The minimum Gasteiger partial charge on any atom is -0.292 e. The van der Waals surface area contributed by atoms with E-state index in [1.165, 1.54) is 0 Å². The molecule has 3 nitrogen and oxygen atoms in total. The highest BCUT2D eigenvalue weighted by atomic mass is 35.5. The molecule has 0 aromatic rings. The Bertz CT molecular complexity index is 544. The Kier molecular flexibility index (Phi) is 3.36. The number of nitrogens with zero attached hydrogens (tertiary/aromatic N) is 2. The van der Waals surface area contributed by atoms with Gasteiger partial charge >= 0.3 is 0 Å². The van der Waals surface area contributed by atoms with E-state index in [0.717, 1.165) is 5.71 Å². The number of nitriles is 1. The first-order chi connectivity index (χ1) is 8.26. The number of halogens is 1. The fraction of sp³-hybridized carbons (Fsp3) is 0.154. The number of aliphatic imine (C=N–C) groups is 1. The van der Waals surface area contributed by atoms with Crippen molar-refractivity contribution in [3.63, 3.8) is 0 Å². The Balaban J connectivity index is 2.43. The molecule has 1 unspecified atom stereocenters. The van der Waals surface area contributed by atoms with Crippen LogP contribution in [0.4, 0.5) is 0 Å². The monoisotopic (exact) mass is 244 g/mol. The molecule has 0 radical (unpaired) electrons. The van der Waals surface area contributed by atoms with E-state index in [1.807, 2.05) is 36.4 Å². The Morgan fingerprint density at radius 3 is 2.94 bits per heavy atom. The maximum Gasteiger partial charge on any atom is 0.190 e. The fourth-order valence-corrected chi connectivity index (χ4v) is 1.80. The molecular weight excluding hydrogens is 236 g/mol. The van der Waals surface area contributed by atoms with Crippen molar-refractivity contribution in [2.75, 3.05) is 5.88 Å². The number of allylic oxidation sites excluding steroid dienone is 7. The van der Waals surface area contributed by atoms with Gasteiger partial charge in [0.1, 0.15) is 11.6 Å². The van der Waals surface area contributed by atoms with Crippen LogP contribution in [0.2, 0.25) is 0 Å². The highest BCUT2D eigenvalue weighted by Gasteiger charge is 2.18. The fourth-order valence-electron chi connectivity index (χ4n) is 1.66. The molecular formula is C13H9ClN2O. The highest BCUT2D eigenvalue weighted by molar-refractivity contribution is 6.31. The number of Topliss-reactive ketones (excluding diaryl/α,β-unsaturated/α-hetero) is 1. The molecule has 1 aliphatic heterocycles. The summed E-state index contributed by atoms with van der Waals surface area (Å²) >= 11 is 5.45. The lowest BCUT2D eigenvalue weighted by molar-refractivity contribution is -0.113. The highest BCUT2D eigenvalue weighted by Crippen LogP contribution is 2.22. The third-order valence-corrected chi connectivity index (χ3v) is 2.76. The summed E-state index contributed by atoms with van der Waals surface area (Å²) in [5.41, 5.74) is 1.25. The Labute approximate surface area is 104 Å². The largest absolute Gasteiger partial charge is 0.292 e. The van der Waals surface area contributed by atoms with Gasteiger partial charge in [0.2, 0.25) is 0 Å². The molecule has 0 saturated heterocycles. The number of alkyl halides is 1. The van der Waals surface area contributed by atoms with Crippen LogP contribution in [0.15, 0.2) is 52.7 Å². The van der Waals surface area contributed by atoms with Gasteiger partial charge in [-0.1, -0.05) is 24.3 Å². The molecule has 0 amide bonds. The molecule has 0 spiro atoms. The maximum atomic E-state index is 11.5. The second-order valence-electron chi connectivity index (χ2n) is 3.59. The van der Waals surface area contributed by atoms with E-state index < -0.39 is 5.78 Å². The average Bonchev–Trinajstić information content (AvgIpc) is 2.39. The van der Waals surface area contributed by atoms with Crippen molar-refractivity contribution in [3.05, 3.63) is 47.7 Å². The van der Waals surface area contributed by atoms with Crippen molar-refractivity contribution in [2.45, 2.75) is 0 Å². The van der Waals surface area contributed by atoms with E-state index in [4.69, 9.17) is 16.9 Å². The molecule has 1 heterocycles. The number of rotatable bonds is 2. The summed E-state index contributed by atoms with van der Waals surface area (Å²) in [4.78, 5) is 15.8. The molecule has 0 saturated carbocycles. The van der Waals surface area contributed by atoms with Crippen LogP contribution in [0.3, 0.4) is 0 Å². The lowest BCUT2D eigenvalue weighted by atomic mass is 9.94. The molecule has 4 heteroatoms. The van der Waals surface area contributed by atoms with Crippen LogP contribution < -0.4 is 0 Å². The number of ketones is 1. The summed E-state index contributed by atoms with van der Waals surface area (Å²) in [6, 6.07) is 1.86. The van der Waals surface area contributed by atoms with Crippen LogP contribution in [0.1, 0.15) is 0 Å². The molecule has 0 bridgehead atoms. The smallest absolute Gasteiger partial charge is 0.190 e. The zero-order valence-corrected chi connectivity index (χ0v) is 9.69. The Hall–Kier alpha value is -1.92. The molecule has 1 aliphatic carbocycles. The van der Waals surface area contributed by atoms with Gasteiger partial charge in [0.05, 0.1) is 17.3 Å². The third-order valence-electron chi connectivity index (χ3n) is 2.52. The van der Waals surface area contributed by atoms with E-state index in [9.17, 15) is 4.79 Å². The van der Waals surface area contributed by atoms with Gasteiger partial charge in [-0.25, -0.2) is 0 Å². The van der Waals surface area contributed by atoms with Crippen LogP contribution in [-0.4, -0.2) is 17.4 Å². The molecule has 0 N–H and O–H groups in total. The molecule has 0 fully saturated rings. The van der Waals surface area contributed by atoms with Gasteiger partial charge in [-0.3, -0.25) is 9.79 Å². The summed E-state index contributed by atoms with van der Waals surface area (Å²) in [6.45, 7) is 0. The predicted octanol–water partition coefficient (Wildman–Crippen LogP) is 2.32. The quantitative estimate of drug-likeness (QED) is 0.425. The number of hydrogen-bond acceptors (Lipinski definition) is 3. The second kappa shape index (κ2) is 4.94. The van der Waals surface area contributed by atoms with Gasteiger partial charge in [-0.15, -0.1) is 11.6 Å². The van der Waals surface area contributed by atoms with Crippen molar-refractivity contribution in [3.8, 4) is 6.07 Å². The van der Waals surface area contributed by atoms with Crippen molar-refractivity contribution >= 4 is 23.1 Å². The van der Waals surface area contributed by atoms with Crippen LogP contribution >= 0.6 is 11.6 Å². The van der Waals surface area contributed by atoms with E-state index in [1.54, 1.807) is 6.08 Å². The van der Waals surface area contributed by atoms with E-state index in [2.05, 4.69) is 4.99 Å². The van der Waals surface area contributed by atoms with Gasteiger partial charge in [-0.2, -0.15) is 5.26 Å². The van der Waals surface area contributed by atoms with Gasteiger partial charge in [0, 0.05) is 5.92 Å². The minimum atomic E-state index is -0.396. The van der Waals surface area contributed by atoms with Crippen molar-refractivity contribution in [1.82, 2.24) is 0 Å². The molecule has 1 atom stereocenters. The zero-order valence-electron chi connectivity index (χ0n) is 8.93. The first kappa shape index (κ1) is 11.6. The third kappa shape index (κ3) is 2.27. The summed E-state index contributed by atoms with van der Waals surface area (Å²) in [5, 5.41) is 8.95. The van der Waals surface area contributed by atoms with Crippen molar-refractivity contribution in [2.24, 2.45) is 10.9 Å². The van der Waals surface area contributed by atoms with Crippen molar-refractivity contribution < 1.29 is 4.79 Å². The molecule has 17 heavy (non-hydrogen) atoms. The summed E-state index contributed by atoms with van der Waals surface area (Å²) < 4.78 is 0. The number of carbonyl (C=O) groups excluding carboxylic acids is 1. The van der Waals surface area contributed by atoms with Crippen LogP contribution in [0.25, 0.3) is 0 Å². The second-order valence-corrected chi connectivity index (χ2v) is 3.86. The normalized spacial score (nSPS) is 23.8. The molecule has 84 valence electrons. The van der Waals surface area contributed by atoms with E-state index >= 15 is 0 Å². The van der Waals surface area contributed by atoms with Gasteiger partial charge in [0.25, 0.3) is 0 Å². The van der Waals surface area contributed by atoms with Gasteiger partial charge in [-0.05, 0) is 12.2 Å². The SMILES string of the molecule is N#C/C(C(=O)CCl)=C1\C=CC2C=CC=CC2=N1. The van der Waals surface area contributed by atoms with Crippen LogP contribution in [0.5, 0.6) is 0 Å². The predicted molar refractivity (Wildman–Crippen MR) is 66.7 cm³/mol. The summed E-state index contributed by atoms with van der Waals surface area (Å²) in [7, 11) is 0. The molecule has 0 aromatic heterocycles. The van der Waals surface area contributed by atoms with Crippen LogP contribution in [0, 0.1) is 17.2 Å². The average molecular weight is 245 g/mol. The summed E-state index contributed by atoms with van der Waals surface area (Å²) in [6.07, 6.45) is 11.3. The molecule has 0 aromatic carbocycles. The molecule has 2 aliphatic rings. The lowest BCUT2D eigenvalue weighted by Crippen LogP contribution is -2.14. The van der Waals surface area contributed by atoms with Crippen molar-refractivity contribution in [1.29, 1.82) is 5.26 Å². The zero-order chi connectivity index (χ0) is 12.3. The number of dihydropyridines is 1. The number of fused-ring (bicyclic) bond motifs is 1. The lowest BCUT2D eigenvalue weighted by Gasteiger charge is -2.16. The maximum absolute atomic E-state index is 11.5. The Morgan fingerprint density at radius 2 is 2.24 bits per heavy atom. The first-order valence-corrected chi connectivity index (χ1v) is 5.65. The Morgan fingerprint density at radius 1 is 1.41 bits per heavy atom. The first-order valence-electron chi connectivity index (χ1n) is 5.11. The van der Waals surface area contributed by atoms with Gasteiger partial charge in [0.15, 0.2) is 5.78 Å². The van der Waals surface area contributed by atoms with E-state index in [-0.39, 0.29) is 17.4 Å². The number of carbonyl (C=O) groups is 1. The molecule has 2 rings (SSSR count). The van der Waals surface area contributed by atoms with Crippen LogP contribution in [-0.2, 0) is 4.79 Å². The minimum absolute atomic E-state index is 0.0187. The number of hydrogen-bond donors (Lipinski definition) is 0. The van der Waals surface area contributed by atoms with Gasteiger partial charge < -0.3 is 0 Å². The summed E-state index contributed by atoms with van der Waals surface area (Å²) in [5.74, 6) is -0.466.